The molecule has 0 aliphatic carbocycles. The second-order valence-electron chi connectivity index (χ2n) is 4.75. The topological polar surface area (TPSA) is 102 Å². The van der Waals surface area contributed by atoms with Gasteiger partial charge in [-0.25, -0.2) is 0 Å². The van der Waals surface area contributed by atoms with Crippen molar-refractivity contribution in [3.05, 3.63) is 24.3 Å². The number of nitrogen functional groups attached to an aromatic ring is 1. The summed E-state index contributed by atoms with van der Waals surface area (Å²) >= 11 is 0. The highest BCUT2D eigenvalue weighted by molar-refractivity contribution is 5.98. The number of imide groups is 1. The van der Waals surface area contributed by atoms with Crippen LogP contribution in [0.1, 0.15) is 12.8 Å². The number of ether oxygens (including phenoxy) is 1. The fourth-order valence-electron chi connectivity index (χ4n) is 2.03. The fraction of sp³-hybridized carbons (Fsp3) is 0.357. The number of amides is 3. The van der Waals surface area contributed by atoms with E-state index in [2.05, 4.69) is 5.32 Å². The molecule has 0 unspecified atom stereocenters. The van der Waals surface area contributed by atoms with Gasteiger partial charge in [0.25, 0.3) is 5.91 Å². The van der Waals surface area contributed by atoms with Crippen LogP contribution in [-0.4, -0.2) is 42.3 Å². The Bertz CT molecular complexity index is 559. The minimum absolute atomic E-state index is 0.0615. The van der Waals surface area contributed by atoms with E-state index in [-0.39, 0.29) is 19.1 Å². The van der Waals surface area contributed by atoms with Crippen molar-refractivity contribution < 1.29 is 19.1 Å². The number of nitrogens with zero attached hydrogens (tertiary/aromatic N) is 1. The van der Waals surface area contributed by atoms with Crippen LogP contribution in [-0.2, 0) is 14.4 Å². The van der Waals surface area contributed by atoms with Crippen LogP contribution in [0, 0.1) is 0 Å². The van der Waals surface area contributed by atoms with Crippen LogP contribution >= 0.6 is 0 Å². The van der Waals surface area contributed by atoms with Gasteiger partial charge in [-0.05, 0) is 18.6 Å². The lowest BCUT2D eigenvalue weighted by atomic mass is 10.3. The number of likely N-dealkylation sites (tertiary alicyclic amines) is 1. The maximum Gasteiger partial charge on any atom is 0.264 e. The minimum Gasteiger partial charge on any atom is -0.484 e. The number of carbonyl (C=O) groups is 3. The summed E-state index contributed by atoms with van der Waals surface area (Å²) in [4.78, 5) is 36.0. The zero-order valence-corrected chi connectivity index (χ0v) is 11.5. The molecule has 0 saturated carbocycles. The molecule has 0 radical (unpaired) electrons. The summed E-state index contributed by atoms with van der Waals surface area (Å²) in [6.45, 7) is 0.173. The van der Waals surface area contributed by atoms with Crippen LogP contribution in [0.15, 0.2) is 24.3 Å². The molecule has 7 nitrogen and oxygen atoms in total. The van der Waals surface area contributed by atoms with Gasteiger partial charge in [-0.3, -0.25) is 19.7 Å². The molecule has 1 aromatic carbocycles. The molecule has 2 rings (SSSR count). The third-order valence-electron chi connectivity index (χ3n) is 3.01. The van der Waals surface area contributed by atoms with Gasteiger partial charge < -0.3 is 15.4 Å². The van der Waals surface area contributed by atoms with Gasteiger partial charge in [0.15, 0.2) is 6.61 Å². The summed E-state index contributed by atoms with van der Waals surface area (Å²) in [5.41, 5.74) is 6.10. The number of rotatable bonds is 5. The van der Waals surface area contributed by atoms with Gasteiger partial charge in [0, 0.05) is 24.7 Å². The molecule has 7 heteroatoms. The van der Waals surface area contributed by atoms with Gasteiger partial charge in [0.2, 0.25) is 11.8 Å². The van der Waals surface area contributed by atoms with E-state index in [1.807, 2.05) is 0 Å². The number of nitrogens with one attached hydrogen (secondary N) is 1. The smallest absolute Gasteiger partial charge is 0.264 e. The van der Waals surface area contributed by atoms with Gasteiger partial charge in [-0.2, -0.15) is 0 Å². The molecule has 1 aliphatic heterocycles. The van der Waals surface area contributed by atoms with Crippen molar-refractivity contribution >= 4 is 23.4 Å². The van der Waals surface area contributed by atoms with Crippen LogP contribution in [0.25, 0.3) is 0 Å². The first-order valence-electron chi connectivity index (χ1n) is 6.63. The van der Waals surface area contributed by atoms with Gasteiger partial charge >= 0.3 is 0 Å². The molecular weight excluding hydrogens is 274 g/mol. The van der Waals surface area contributed by atoms with Crippen molar-refractivity contribution in [1.82, 2.24) is 10.2 Å². The monoisotopic (exact) mass is 291 g/mol. The lowest BCUT2D eigenvalue weighted by molar-refractivity contribution is -0.136. The standard InChI is InChI=1S/C14H17N3O4/c15-10-3-1-4-11(7-10)21-9-13(19)16-12(18)8-17-6-2-5-14(17)20/h1,3-4,7H,2,5-6,8-9,15H2,(H,16,18,19). The number of carbonyl (C=O) groups excluding carboxylic acids is 3. The molecule has 0 bridgehead atoms. The largest absolute Gasteiger partial charge is 0.484 e. The number of hydrogen-bond donors (Lipinski definition) is 2. The Hall–Kier alpha value is -2.57. The third kappa shape index (κ3) is 4.48. The number of nitrogens with two attached hydrogens (primary N) is 1. The van der Waals surface area contributed by atoms with Gasteiger partial charge in [-0.1, -0.05) is 6.07 Å². The number of anilines is 1. The SMILES string of the molecule is Nc1cccc(OCC(=O)NC(=O)CN2CCCC2=O)c1. The van der Waals surface area contributed by atoms with E-state index in [1.54, 1.807) is 24.3 Å². The second kappa shape index (κ2) is 6.74. The number of benzene rings is 1. The molecule has 3 N–H and O–H groups in total. The maximum atomic E-state index is 11.6. The first kappa shape index (κ1) is 14.8. The van der Waals surface area contributed by atoms with Gasteiger partial charge in [0.1, 0.15) is 5.75 Å². The Morgan fingerprint density at radius 2 is 2.14 bits per heavy atom. The molecule has 0 spiro atoms. The Morgan fingerprint density at radius 1 is 1.33 bits per heavy atom. The Balaban J connectivity index is 1.74. The zero-order chi connectivity index (χ0) is 15.2. The van der Waals surface area contributed by atoms with Crippen LogP contribution in [0.3, 0.4) is 0 Å². The van der Waals surface area contributed by atoms with E-state index in [1.165, 1.54) is 4.90 Å². The molecule has 1 heterocycles. The predicted molar refractivity (Wildman–Crippen MR) is 75.3 cm³/mol. The van der Waals surface area contributed by atoms with Crippen molar-refractivity contribution in [2.75, 3.05) is 25.4 Å². The molecule has 21 heavy (non-hydrogen) atoms. The lowest BCUT2D eigenvalue weighted by Crippen LogP contribution is -2.42. The Labute approximate surface area is 122 Å². The summed E-state index contributed by atoms with van der Waals surface area (Å²) in [5, 5.41) is 2.18. The summed E-state index contributed by atoms with van der Waals surface area (Å²) in [5.74, 6) is -0.679. The highest BCUT2D eigenvalue weighted by atomic mass is 16.5. The Morgan fingerprint density at radius 3 is 2.81 bits per heavy atom. The molecule has 3 amide bonds. The van der Waals surface area contributed by atoms with E-state index in [9.17, 15) is 14.4 Å². The fourth-order valence-corrected chi connectivity index (χ4v) is 2.03. The maximum absolute atomic E-state index is 11.6. The molecule has 1 saturated heterocycles. The van der Waals surface area contributed by atoms with Crippen molar-refractivity contribution in [1.29, 1.82) is 0 Å². The molecule has 1 aliphatic rings. The highest BCUT2D eigenvalue weighted by Crippen LogP contribution is 2.14. The molecule has 1 aromatic rings. The second-order valence-corrected chi connectivity index (χ2v) is 4.75. The molecular formula is C14H17N3O4. The average Bonchev–Trinajstić information content (AvgIpc) is 2.82. The summed E-state index contributed by atoms with van der Waals surface area (Å²) in [6, 6.07) is 6.64. The normalized spacial score (nSPS) is 14.1. The van der Waals surface area contributed by atoms with Crippen molar-refractivity contribution in [2.45, 2.75) is 12.8 Å². The Kier molecular flexibility index (Phi) is 4.76. The van der Waals surface area contributed by atoms with E-state index in [4.69, 9.17) is 10.5 Å². The summed E-state index contributed by atoms with van der Waals surface area (Å²) in [7, 11) is 0. The van der Waals surface area contributed by atoms with Crippen molar-refractivity contribution in [3.8, 4) is 5.75 Å². The van der Waals surface area contributed by atoms with Crippen molar-refractivity contribution in [3.63, 3.8) is 0 Å². The quantitative estimate of drug-likeness (QED) is 0.738. The first-order valence-corrected chi connectivity index (χ1v) is 6.63. The van der Waals surface area contributed by atoms with Crippen LogP contribution < -0.4 is 15.8 Å². The molecule has 0 atom stereocenters. The van der Waals surface area contributed by atoms with Crippen LogP contribution in [0.5, 0.6) is 5.75 Å². The molecule has 0 aromatic heterocycles. The van der Waals surface area contributed by atoms with Gasteiger partial charge in [0.05, 0.1) is 6.54 Å². The lowest BCUT2D eigenvalue weighted by Gasteiger charge is -2.14. The third-order valence-corrected chi connectivity index (χ3v) is 3.01. The zero-order valence-electron chi connectivity index (χ0n) is 11.5. The van der Waals surface area contributed by atoms with Crippen LogP contribution in [0.4, 0.5) is 5.69 Å². The minimum atomic E-state index is -0.561. The van der Waals surface area contributed by atoms with Gasteiger partial charge in [-0.15, -0.1) is 0 Å². The highest BCUT2D eigenvalue weighted by Gasteiger charge is 2.23. The van der Waals surface area contributed by atoms with E-state index in [0.717, 1.165) is 6.42 Å². The summed E-state index contributed by atoms with van der Waals surface area (Å²) in [6.07, 6.45) is 1.21. The first-order chi connectivity index (χ1) is 10.0. The van der Waals surface area contributed by atoms with E-state index in [0.29, 0.717) is 24.4 Å². The molecule has 112 valence electrons. The molecule has 1 fully saturated rings. The van der Waals surface area contributed by atoms with E-state index < -0.39 is 11.8 Å². The van der Waals surface area contributed by atoms with E-state index >= 15 is 0 Å². The average molecular weight is 291 g/mol. The summed E-state index contributed by atoms with van der Waals surface area (Å²) < 4.78 is 5.22. The predicted octanol–water partition coefficient (Wildman–Crippen LogP) is -0.0872. The number of hydrogen-bond acceptors (Lipinski definition) is 5. The van der Waals surface area contributed by atoms with Crippen molar-refractivity contribution in [2.24, 2.45) is 0 Å². The van der Waals surface area contributed by atoms with Crippen LogP contribution in [0.2, 0.25) is 0 Å².